The van der Waals surface area contributed by atoms with Gasteiger partial charge in [0.25, 0.3) is 0 Å². The molecular weight excluding hydrogens is 136 g/mol. The molecule has 0 radical (unpaired) electrons. The normalized spacial score (nSPS) is 15.4. The highest BCUT2D eigenvalue weighted by Crippen LogP contribution is 2.12. The number of allylic oxidation sites excluding steroid dienone is 1. The lowest BCUT2D eigenvalue weighted by atomic mass is 10.3. The molecule has 10 heavy (non-hydrogen) atoms. The summed E-state index contributed by atoms with van der Waals surface area (Å²) in [6.07, 6.45) is 1.95. The maximum Gasteiger partial charge on any atom is 0.303 e. The minimum absolute atomic E-state index is 0.0925. The van der Waals surface area contributed by atoms with Gasteiger partial charge in [0.2, 0.25) is 6.79 Å². The molecule has 0 aromatic carbocycles. The minimum Gasteiger partial charge on any atom is -0.481 e. The first-order chi connectivity index (χ1) is 4.79. The number of ether oxygens (including phenoxy) is 2. The third-order valence-corrected chi connectivity index (χ3v) is 1.11. The Bertz CT molecular complexity index is 161. The van der Waals surface area contributed by atoms with E-state index in [1.54, 1.807) is 0 Å². The van der Waals surface area contributed by atoms with Crippen LogP contribution in [0.25, 0.3) is 0 Å². The van der Waals surface area contributed by atoms with E-state index in [9.17, 15) is 4.79 Å². The highest BCUT2D eigenvalue weighted by molar-refractivity contribution is 5.66. The van der Waals surface area contributed by atoms with E-state index in [-0.39, 0.29) is 13.2 Å². The molecule has 0 unspecified atom stereocenters. The van der Waals surface area contributed by atoms with Gasteiger partial charge in [-0.2, -0.15) is 0 Å². The zero-order valence-corrected chi connectivity index (χ0v) is 5.37. The number of carbonyl (C=O) groups is 1. The van der Waals surface area contributed by atoms with Gasteiger partial charge >= 0.3 is 5.97 Å². The topological polar surface area (TPSA) is 55.8 Å². The Morgan fingerprint density at radius 2 is 2.60 bits per heavy atom. The van der Waals surface area contributed by atoms with Crippen LogP contribution in [0.3, 0.4) is 0 Å². The van der Waals surface area contributed by atoms with Gasteiger partial charge in [-0.3, -0.25) is 4.79 Å². The quantitative estimate of drug-likeness (QED) is 0.633. The fraction of sp³-hybridized carbons (Fsp3) is 0.500. The van der Waals surface area contributed by atoms with Gasteiger partial charge < -0.3 is 14.6 Å². The number of aliphatic carboxylic acids is 1. The first kappa shape index (κ1) is 6.92. The second kappa shape index (κ2) is 3.10. The highest BCUT2D eigenvalue weighted by Gasteiger charge is 2.07. The predicted molar refractivity (Wildman–Crippen MR) is 32.0 cm³/mol. The summed E-state index contributed by atoms with van der Waals surface area (Å²) in [6, 6.07) is 0. The SMILES string of the molecule is O=C(O)CCC1=COCO1. The lowest BCUT2D eigenvalue weighted by Gasteiger charge is -1.95. The Morgan fingerprint density at radius 1 is 1.80 bits per heavy atom. The van der Waals surface area contributed by atoms with Crippen molar-refractivity contribution in [2.75, 3.05) is 6.79 Å². The molecule has 0 saturated heterocycles. The maximum absolute atomic E-state index is 10.0. The van der Waals surface area contributed by atoms with Crippen LogP contribution in [0.1, 0.15) is 12.8 Å². The Hall–Kier alpha value is -1.19. The van der Waals surface area contributed by atoms with Gasteiger partial charge in [-0.15, -0.1) is 0 Å². The molecule has 1 rings (SSSR count). The van der Waals surface area contributed by atoms with Gasteiger partial charge in [0.15, 0.2) is 0 Å². The van der Waals surface area contributed by atoms with Crippen molar-refractivity contribution < 1.29 is 19.4 Å². The number of carboxylic acids is 1. The Kier molecular flexibility index (Phi) is 2.15. The van der Waals surface area contributed by atoms with Gasteiger partial charge in [0, 0.05) is 6.42 Å². The van der Waals surface area contributed by atoms with Crippen LogP contribution in [-0.4, -0.2) is 17.9 Å². The Morgan fingerprint density at radius 3 is 3.10 bits per heavy atom. The molecule has 4 heteroatoms. The van der Waals surface area contributed by atoms with Crippen LogP contribution in [0.2, 0.25) is 0 Å². The molecule has 1 aliphatic rings. The van der Waals surface area contributed by atoms with Gasteiger partial charge in [-0.05, 0) is 0 Å². The molecule has 0 spiro atoms. The smallest absolute Gasteiger partial charge is 0.303 e. The van der Waals surface area contributed by atoms with E-state index in [1.165, 1.54) is 6.26 Å². The van der Waals surface area contributed by atoms with E-state index in [0.717, 1.165) is 0 Å². The summed E-state index contributed by atoms with van der Waals surface area (Å²) >= 11 is 0. The molecule has 1 aliphatic heterocycles. The molecule has 0 atom stereocenters. The van der Waals surface area contributed by atoms with Crippen molar-refractivity contribution in [3.8, 4) is 0 Å². The zero-order chi connectivity index (χ0) is 7.40. The number of hydrogen-bond donors (Lipinski definition) is 1. The van der Waals surface area contributed by atoms with Crippen LogP contribution in [0, 0.1) is 0 Å². The lowest BCUT2D eigenvalue weighted by Crippen LogP contribution is -1.95. The number of carboxylic acid groups (broad SMARTS) is 1. The van der Waals surface area contributed by atoms with Crippen molar-refractivity contribution in [1.29, 1.82) is 0 Å². The predicted octanol–water partition coefficient (Wildman–Crippen LogP) is 0.697. The van der Waals surface area contributed by atoms with Crippen LogP contribution < -0.4 is 0 Å². The van der Waals surface area contributed by atoms with Crippen molar-refractivity contribution in [3.63, 3.8) is 0 Å². The molecular formula is C6H8O4. The summed E-state index contributed by atoms with van der Waals surface area (Å²) in [5, 5.41) is 8.25. The van der Waals surface area contributed by atoms with Crippen LogP contribution in [0.5, 0.6) is 0 Å². The molecule has 0 saturated carbocycles. The third kappa shape index (κ3) is 1.97. The molecule has 4 nitrogen and oxygen atoms in total. The second-order valence-corrected chi connectivity index (χ2v) is 1.91. The number of hydrogen-bond acceptors (Lipinski definition) is 3. The maximum atomic E-state index is 10.0. The standard InChI is InChI=1S/C6H8O4/c7-6(8)2-1-5-3-9-4-10-5/h3H,1-2,4H2,(H,7,8). The molecule has 0 aliphatic carbocycles. The van der Waals surface area contributed by atoms with E-state index in [4.69, 9.17) is 14.6 Å². The Balaban J connectivity index is 2.19. The first-order valence-corrected chi connectivity index (χ1v) is 2.94. The molecule has 0 aromatic heterocycles. The van der Waals surface area contributed by atoms with Crippen molar-refractivity contribution in [2.45, 2.75) is 12.8 Å². The molecule has 0 amide bonds. The average molecular weight is 144 g/mol. The third-order valence-electron chi connectivity index (χ3n) is 1.11. The monoisotopic (exact) mass is 144 g/mol. The Labute approximate surface area is 58.1 Å². The first-order valence-electron chi connectivity index (χ1n) is 2.94. The largest absolute Gasteiger partial charge is 0.481 e. The van der Waals surface area contributed by atoms with Crippen molar-refractivity contribution >= 4 is 5.97 Å². The lowest BCUT2D eigenvalue weighted by molar-refractivity contribution is -0.137. The van der Waals surface area contributed by atoms with Crippen LogP contribution in [0.4, 0.5) is 0 Å². The van der Waals surface area contributed by atoms with Gasteiger partial charge in [-0.25, -0.2) is 0 Å². The summed E-state index contributed by atoms with van der Waals surface area (Å²) in [4.78, 5) is 10.0. The average Bonchev–Trinajstić information content (AvgIpc) is 2.34. The van der Waals surface area contributed by atoms with Crippen LogP contribution in [0.15, 0.2) is 12.0 Å². The molecule has 1 N–H and O–H groups in total. The fourth-order valence-corrected chi connectivity index (χ4v) is 0.632. The second-order valence-electron chi connectivity index (χ2n) is 1.91. The summed E-state index contributed by atoms with van der Waals surface area (Å²) < 4.78 is 9.59. The van der Waals surface area contributed by atoms with Crippen molar-refractivity contribution in [2.24, 2.45) is 0 Å². The summed E-state index contributed by atoms with van der Waals surface area (Å²) in [6.45, 7) is 0.217. The van der Waals surface area contributed by atoms with Gasteiger partial charge in [0.05, 0.1) is 6.42 Å². The van der Waals surface area contributed by atoms with Gasteiger partial charge in [-0.1, -0.05) is 0 Å². The summed E-state index contributed by atoms with van der Waals surface area (Å²) in [5.41, 5.74) is 0. The van der Waals surface area contributed by atoms with E-state index in [2.05, 4.69) is 0 Å². The molecule has 0 bridgehead atoms. The fourth-order valence-electron chi connectivity index (χ4n) is 0.632. The molecule has 1 heterocycles. The molecule has 56 valence electrons. The summed E-state index contributed by atoms with van der Waals surface area (Å²) in [7, 11) is 0. The highest BCUT2D eigenvalue weighted by atomic mass is 16.7. The van der Waals surface area contributed by atoms with E-state index in [0.29, 0.717) is 12.2 Å². The molecule has 0 fully saturated rings. The number of rotatable bonds is 3. The zero-order valence-electron chi connectivity index (χ0n) is 5.37. The van der Waals surface area contributed by atoms with Crippen molar-refractivity contribution in [3.05, 3.63) is 12.0 Å². The van der Waals surface area contributed by atoms with Crippen LogP contribution in [-0.2, 0) is 14.3 Å². The minimum atomic E-state index is -0.823. The van der Waals surface area contributed by atoms with Crippen LogP contribution >= 0.6 is 0 Å². The van der Waals surface area contributed by atoms with Gasteiger partial charge in [0.1, 0.15) is 12.0 Å². The van der Waals surface area contributed by atoms with E-state index in [1.807, 2.05) is 0 Å². The van der Waals surface area contributed by atoms with Crippen molar-refractivity contribution in [1.82, 2.24) is 0 Å². The van der Waals surface area contributed by atoms with E-state index >= 15 is 0 Å². The van der Waals surface area contributed by atoms with E-state index < -0.39 is 5.97 Å². The summed E-state index contributed by atoms with van der Waals surface area (Å²) in [5.74, 6) is -0.209. The molecule has 0 aromatic rings.